The Labute approximate surface area is 103 Å². The van der Waals surface area contributed by atoms with Crippen LogP contribution in [0.5, 0.6) is 0 Å². The first kappa shape index (κ1) is 11.7. The molecule has 1 aliphatic rings. The Kier molecular flexibility index (Phi) is 3.46. The van der Waals surface area contributed by atoms with Gasteiger partial charge in [0.15, 0.2) is 0 Å². The minimum Gasteiger partial charge on any atom is -0.317 e. The topological polar surface area (TPSA) is 26.0 Å². The van der Waals surface area contributed by atoms with Crippen molar-refractivity contribution < 1.29 is 0 Å². The van der Waals surface area contributed by atoms with Gasteiger partial charge in [-0.05, 0) is 18.6 Å². The molecule has 0 aromatic heterocycles. The molecule has 0 spiro atoms. The van der Waals surface area contributed by atoms with E-state index in [2.05, 4.69) is 37.0 Å². The van der Waals surface area contributed by atoms with Crippen LogP contribution in [-0.2, 0) is 0 Å². The van der Waals surface area contributed by atoms with E-state index in [1.165, 1.54) is 0 Å². The zero-order chi connectivity index (χ0) is 12.1. The maximum atomic E-state index is 6.17. The van der Waals surface area contributed by atoms with E-state index in [9.17, 15) is 0 Å². The lowest BCUT2D eigenvalue weighted by Gasteiger charge is -2.29. The van der Waals surface area contributed by atoms with Crippen molar-refractivity contribution in [3.63, 3.8) is 0 Å². The van der Waals surface area contributed by atoms with Crippen LogP contribution in [-0.4, -0.2) is 6.04 Å². The lowest BCUT2D eigenvalue weighted by molar-refractivity contribution is 0.390. The summed E-state index contributed by atoms with van der Waals surface area (Å²) in [7, 11) is 0. The number of benzene rings is 1. The molecule has 2 unspecified atom stereocenters. The largest absolute Gasteiger partial charge is 0.317 e. The number of nitrogens with two attached hydrogens (primary N) is 1. The van der Waals surface area contributed by atoms with Crippen molar-refractivity contribution in [1.82, 2.24) is 0 Å². The fraction of sp³-hybridized carbons (Fsp3) is 0.250. The zero-order valence-corrected chi connectivity index (χ0v) is 10.1. The molecular formula is C16H17N. The van der Waals surface area contributed by atoms with Gasteiger partial charge in [0.25, 0.3) is 0 Å². The van der Waals surface area contributed by atoms with Crippen molar-refractivity contribution in [1.29, 1.82) is 0 Å². The van der Waals surface area contributed by atoms with Crippen LogP contribution in [0.25, 0.3) is 0 Å². The molecule has 0 radical (unpaired) electrons. The molecule has 0 bridgehead atoms. The highest BCUT2D eigenvalue weighted by Crippen LogP contribution is 2.29. The number of rotatable bonds is 1. The molecule has 0 amide bonds. The van der Waals surface area contributed by atoms with Gasteiger partial charge in [0.2, 0.25) is 0 Å². The maximum Gasteiger partial charge on any atom is 0.0760 e. The fourth-order valence-corrected chi connectivity index (χ4v) is 1.82. The Hall–Kier alpha value is -1.78. The van der Waals surface area contributed by atoms with E-state index < -0.39 is 0 Å². The van der Waals surface area contributed by atoms with Gasteiger partial charge >= 0.3 is 0 Å². The van der Waals surface area contributed by atoms with E-state index in [0.717, 1.165) is 12.0 Å². The Morgan fingerprint density at radius 2 is 2.00 bits per heavy atom. The summed E-state index contributed by atoms with van der Waals surface area (Å²) in [5.74, 6) is 6.29. The van der Waals surface area contributed by atoms with Crippen molar-refractivity contribution in [2.45, 2.75) is 19.4 Å². The SMILES string of the molecule is CC1(C(N)C#Cc2ccccc2)C=CC=CC1. The second kappa shape index (κ2) is 5.03. The summed E-state index contributed by atoms with van der Waals surface area (Å²) < 4.78 is 0. The molecule has 0 heterocycles. The normalized spacial score (nSPS) is 23.9. The molecule has 1 heteroatoms. The zero-order valence-electron chi connectivity index (χ0n) is 10.1. The molecular weight excluding hydrogens is 206 g/mol. The molecule has 0 aliphatic heterocycles. The van der Waals surface area contributed by atoms with Gasteiger partial charge < -0.3 is 5.73 Å². The minimum absolute atomic E-state index is 0.0451. The van der Waals surface area contributed by atoms with E-state index in [-0.39, 0.29) is 11.5 Å². The third-order valence-corrected chi connectivity index (χ3v) is 3.14. The minimum atomic E-state index is -0.135. The van der Waals surface area contributed by atoms with E-state index in [1.807, 2.05) is 36.4 Å². The first-order valence-corrected chi connectivity index (χ1v) is 5.87. The summed E-state index contributed by atoms with van der Waals surface area (Å²) in [5, 5.41) is 0. The van der Waals surface area contributed by atoms with Gasteiger partial charge in [-0.1, -0.05) is 61.3 Å². The van der Waals surface area contributed by atoms with Gasteiger partial charge in [0, 0.05) is 11.0 Å². The fourth-order valence-electron chi connectivity index (χ4n) is 1.82. The highest BCUT2D eigenvalue weighted by Gasteiger charge is 2.27. The smallest absolute Gasteiger partial charge is 0.0760 e. The van der Waals surface area contributed by atoms with Crippen LogP contribution in [0.3, 0.4) is 0 Å². The molecule has 86 valence electrons. The molecule has 1 aromatic carbocycles. The highest BCUT2D eigenvalue weighted by molar-refractivity contribution is 5.36. The average Bonchev–Trinajstić information content (AvgIpc) is 2.38. The first-order chi connectivity index (χ1) is 8.21. The van der Waals surface area contributed by atoms with Crippen LogP contribution in [0.1, 0.15) is 18.9 Å². The Balaban J connectivity index is 2.12. The molecule has 0 saturated carbocycles. The predicted molar refractivity (Wildman–Crippen MR) is 72.3 cm³/mol. The Morgan fingerprint density at radius 1 is 1.24 bits per heavy atom. The molecule has 1 aromatic rings. The monoisotopic (exact) mass is 223 g/mol. The molecule has 0 fully saturated rings. The molecule has 2 N–H and O–H groups in total. The second-order valence-corrected chi connectivity index (χ2v) is 4.61. The van der Waals surface area contributed by atoms with Crippen LogP contribution < -0.4 is 5.73 Å². The highest BCUT2D eigenvalue weighted by atomic mass is 14.7. The third-order valence-electron chi connectivity index (χ3n) is 3.14. The van der Waals surface area contributed by atoms with Gasteiger partial charge in [-0.3, -0.25) is 0 Å². The van der Waals surface area contributed by atoms with E-state index >= 15 is 0 Å². The standard InChI is InChI=1S/C16H17N/c1-16(12-6-3-7-13-16)15(17)11-10-14-8-4-2-5-9-14/h2-9,12,15H,13,17H2,1H3. The molecule has 2 rings (SSSR count). The van der Waals surface area contributed by atoms with Gasteiger partial charge in [0.05, 0.1) is 6.04 Å². The molecule has 1 aliphatic carbocycles. The number of hydrogen-bond donors (Lipinski definition) is 1. The summed E-state index contributed by atoms with van der Waals surface area (Å²) in [6.07, 6.45) is 9.35. The second-order valence-electron chi connectivity index (χ2n) is 4.61. The molecule has 1 nitrogen and oxygen atoms in total. The van der Waals surface area contributed by atoms with Gasteiger partial charge in [-0.2, -0.15) is 0 Å². The van der Waals surface area contributed by atoms with Crippen molar-refractivity contribution in [2.75, 3.05) is 0 Å². The quantitative estimate of drug-likeness (QED) is 0.728. The lowest BCUT2D eigenvalue weighted by atomic mass is 9.77. The average molecular weight is 223 g/mol. The number of allylic oxidation sites excluding steroid dienone is 3. The van der Waals surface area contributed by atoms with Gasteiger partial charge in [0.1, 0.15) is 0 Å². The maximum absolute atomic E-state index is 6.17. The van der Waals surface area contributed by atoms with Gasteiger partial charge in [-0.15, -0.1) is 0 Å². The summed E-state index contributed by atoms with van der Waals surface area (Å²) >= 11 is 0. The van der Waals surface area contributed by atoms with Crippen LogP contribution in [0.2, 0.25) is 0 Å². The molecule has 2 atom stereocenters. The summed E-state index contributed by atoms with van der Waals surface area (Å²) in [6, 6.07) is 9.82. The molecule has 0 saturated heterocycles. The van der Waals surface area contributed by atoms with Crippen molar-refractivity contribution in [3.05, 3.63) is 60.2 Å². The van der Waals surface area contributed by atoms with Crippen LogP contribution in [0.4, 0.5) is 0 Å². The summed E-state index contributed by atoms with van der Waals surface area (Å²) in [6.45, 7) is 2.15. The van der Waals surface area contributed by atoms with E-state index in [0.29, 0.717) is 0 Å². The summed E-state index contributed by atoms with van der Waals surface area (Å²) in [4.78, 5) is 0. The van der Waals surface area contributed by atoms with Crippen molar-refractivity contribution in [2.24, 2.45) is 11.1 Å². The van der Waals surface area contributed by atoms with Crippen LogP contribution in [0.15, 0.2) is 54.6 Å². The van der Waals surface area contributed by atoms with Crippen molar-refractivity contribution >= 4 is 0 Å². The molecule has 17 heavy (non-hydrogen) atoms. The Morgan fingerprint density at radius 3 is 2.65 bits per heavy atom. The Bertz CT molecular complexity index is 487. The number of hydrogen-bond acceptors (Lipinski definition) is 1. The summed E-state index contributed by atoms with van der Waals surface area (Å²) in [5.41, 5.74) is 7.14. The predicted octanol–water partition coefficient (Wildman–Crippen LogP) is 2.89. The van der Waals surface area contributed by atoms with E-state index in [4.69, 9.17) is 5.73 Å². The third kappa shape index (κ3) is 2.87. The lowest BCUT2D eigenvalue weighted by Crippen LogP contribution is -2.37. The van der Waals surface area contributed by atoms with E-state index in [1.54, 1.807) is 0 Å². The van der Waals surface area contributed by atoms with Crippen LogP contribution in [0, 0.1) is 17.3 Å². The first-order valence-electron chi connectivity index (χ1n) is 5.87. The van der Waals surface area contributed by atoms with Gasteiger partial charge in [-0.25, -0.2) is 0 Å². The van der Waals surface area contributed by atoms with Crippen LogP contribution >= 0.6 is 0 Å². The van der Waals surface area contributed by atoms with Crippen molar-refractivity contribution in [3.8, 4) is 11.8 Å².